The van der Waals surface area contributed by atoms with E-state index in [1.807, 2.05) is 6.07 Å². The monoisotopic (exact) mass is 407 g/mol. The average molecular weight is 407 g/mol. The van der Waals surface area contributed by atoms with Crippen LogP contribution in [0.5, 0.6) is 0 Å². The average Bonchev–Trinajstić information content (AvgIpc) is 3.23. The summed E-state index contributed by atoms with van der Waals surface area (Å²) in [6.07, 6.45) is 2.95. The number of nitrogens with zero attached hydrogens (tertiary/aromatic N) is 1. The normalized spacial score (nSPS) is 14.3. The Morgan fingerprint density at radius 1 is 1.00 bits per heavy atom. The molecule has 0 radical (unpaired) electrons. The summed E-state index contributed by atoms with van der Waals surface area (Å²) in [7, 11) is 0. The van der Waals surface area contributed by atoms with Crippen molar-refractivity contribution in [2.24, 2.45) is 5.92 Å². The minimum absolute atomic E-state index is 0.0833. The molecule has 7 nitrogen and oxygen atoms in total. The number of nitrogens with one attached hydrogen (secondary N) is 4. The molecule has 154 valence electrons. The number of amides is 2. The summed E-state index contributed by atoms with van der Waals surface area (Å²) in [5.41, 5.74) is 2.55. The van der Waals surface area contributed by atoms with Gasteiger partial charge in [-0.3, -0.25) is 14.7 Å². The van der Waals surface area contributed by atoms with Crippen LogP contribution in [-0.4, -0.2) is 35.1 Å². The van der Waals surface area contributed by atoms with Crippen molar-refractivity contribution in [3.63, 3.8) is 0 Å². The first kappa shape index (κ1) is 19.8. The standard InChI is InChI=1S/C22H22FN5O2/c23-17-5-1-3-15(11-17)16-4-2-6-18(12-16)26-22(30)20-19(13-25-28-20)27-21(29)14-7-9-24-10-8-14/h1-6,11-14,24H,7-10H2,(H,25,28)(H,26,30)(H,27,29). The summed E-state index contributed by atoms with van der Waals surface area (Å²) < 4.78 is 13.5. The van der Waals surface area contributed by atoms with E-state index in [4.69, 9.17) is 0 Å². The second-order valence-corrected chi connectivity index (χ2v) is 7.22. The van der Waals surface area contributed by atoms with Crippen LogP contribution in [-0.2, 0) is 4.79 Å². The maximum absolute atomic E-state index is 13.5. The van der Waals surface area contributed by atoms with Gasteiger partial charge in [0.15, 0.2) is 0 Å². The molecule has 4 rings (SSSR count). The number of carbonyl (C=O) groups excluding carboxylic acids is 2. The van der Waals surface area contributed by atoms with E-state index in [2.05, 4.69) is 26.1 Å². The Hall–Kier alpha value is -3.52. The fraction of sp³-hybridized carbons (Fsp3) is 0.227. The third-order valence-corrected chi connectivity index (χ3v) is 5.11. The molecule has 1 aliphatic rings. The number of benzene rings is 2. The zero-order valence-electron chi connectivity index (χ0n) is 16.2. The maximum atomic E-state index is 13.5. The highest BCUT2D eigenvalue weighted by Gasteiger charge is 2.23. The second-order valence-electron chi connectivity index (χ2n) is 7.22. The Kier molecular flexibility index (Phi) is 5.85. The number of H-pyrrole nitrogens is 1. The van der Waals surface area contributed by atoms with Gasteiger partial charge in [-0.05, 0) is 61.3 Å². The number of aromatic amines is 1. The van der Waals surface area contributed by atoms with Crippen LogP contribution in [0.1, 0.15) is 23.3 Å². The molecule has 0 spiro atoms. The first-order valence-electron chi connectivity index (χ1n) is 9.82. The first-order valence-corrected chi connectivity index (χ1v) is 9.82. The molecule has 2 heterocycles. The van der Waals surface area contributed by atoms with Crippen molar-refractivity contribution in [2.75, 3.05) is 23.7 Å². The molecule has 0 atom stereocenters. The fourth-order valence-corrected chi connectivity index (χ4v) is 3.51. The first-order chi connectivity index (χ1) is 14.6. The predicted molar refractivity (Wildman–Crippen MR) is 113 cm³/mol. The minimum atomic E-state index is -0.426. The lowest BCUT2D eigenvalue weighted by Gasteiger charge is -2.21. The molecule has 0 unspecified atom stereocenters. The molecule has 2 amide bonds. The SMILES string of the molecule is O=C(Nc1cccc(-c2cccc(F)c2)c1)c1[nH]ncc1NC(=O)C1CCNCC1. The van der Waals surface area contributed by atoms with Gasteiger partial charge >= 0.3 is 0 Å². The van der Waals surface area contributed by atoms with E-state index in [0.29, 0.717) is 16.9 Å². The van der Waals surface area contributed by atoms with E-state index in [-0.39, 0.29) is 23.3 Å². The Morgan fingerprint density at radius 3 is 2.50 bits per heavy atom. The van der Waals surface area contributed by atoms with Gasteiger partial charge in [-0.1, -0.05) is 24.3 Å². The van der Waals surface area contributed by atoms with Crippen LogP contribution in [0.2, 0.25) is 0 Å². The van der Waals surface area contributed by atoms with E-state index in [1.165, 1.54) is 18.3 Å². The number of hydrogen-bond donors (Lipinski definition) is 4. The molecule has 4 N–H and O–H groups in total. The zero-order valence-corrected chi connectivity index (χ0v) is 16.2. The Labute approximate surface area is 173 Å². The van der Waals surface area contributed by atoms with Gasteiger partial charge in [0.25, 0.3) is 5.91 Å². The molecule has 1 aromatic heterocycles. The second kappa shape index (κ2) is 8.87. The fourth-order valence-electron chi connectivity index (χ4n) is 3.51. The van der Waals surface area contributed by atoms with Crippen molar-refractivity contribution in [2.45, 2.75) is 12.8 Å². The van der Waals surface area contributed by atoms with E-state index < -0.39 is 5.91 Å². The predicted octanol–water partition coefficient (Wildman–Crippen LogP) is 3.41. The van der Waals surface area contributed by atoms with E-state index in [0.717, 1.165) is 31.5 Å². The number of piperidine rings is 1. The topological polar surface area (TPSA) is 98.9 Å². The van der Waals surface area contributed by atoms with Gasteiger partial charge in [0, 0.05) is 11.6 Å². The van der Waals surface area contributed by atoms with Gasteiger partial charge in [0.2, 0.25) is 5.91 Å². The lowest BCUT2D eigenvalue weighted by Crippen LogP contribution is -2.34. The lowest BCUT2D eigenvalue weighted by molar-refractivity contribution is -0.120. The number of anilines is 2. The third-order valence-electron chi connectivity index (χ3n) is 5.11. The van der Waals surface area contributed by atoms with Crippen molar-refractivity contribution >= 4 is 23.2 Å². The van der Waals surface area contributed by atoms with Crippen molar-refractivity contribution in [1.82, 2.24) is 15.5 Å². The quantitative estimate of drug-likeness (QED) is 0.521. The third kappa shape index (κ3) is 4.55. The molecule has 0 saturated carbocycles. The van der Waals surface area contributed by atoms with E-state index in [1.54, 1.807) is 30.3 Å². The molecule has 30 heavy (non-hydrogen) atoms. The molecule has 1 fully saturated rings. The molecule has 2 aromatic carbocycles. The summed E-state index contributed by atoms with van der Waals surface area (Å²) in [6, 6.07) is 13.4. The van der Waals surface area contributed by atoms with Crippen LogP contribution in [0, 0.1) is 11.7 Å². The van der Waals surface area contributed by atoms with Crippen LogP contribution in [0.15, 0.2) is 54.7 Å². The van der Waals surface area contributed by atoms with Gasteiger partial charge in [-0.25, -0.2) is 4.39 Å². The van der Waals surface area contributed by atoms with Crippen molar-refractivity contribution in [1.29, 1.82) is 0 Å². The number of aromatic nitrogens is 2. The Morgan fingerprint density at radius 2 is 1.73 bits per heavy atom. The van der Waals surface area contributed by atoms with Crippen LogP contribution >= 0.6 is 0 Å². The highest BCUT2D eigenvalue weighted by Crippen LogP contribution is 2.24. The van der Waals surface area contributed by atoms with Gasteiger partial charge in [-0.15, -0.1) is 0 Å². The van der Waals surface area contributed by atoms with E-state index in [9.17, 15) is 14.0 Å². The largest absolute Gasteiger partial charge is 0.323 e. The maximum Gasteiger partial charge on any atom is 0.275 e. The summed E-state index contributed by atoms with van der Waals surface area (Å²) in [5.74, 6) is -0.946. The zero-order chi connectivity index (χ0) is 20.9. The number of hydrogen-bond acceptors (Lipinski definition) is 4. The van der Waals surface area contributed by atoms with Gasteiger partial charge < -0.3 is 16.0 Å². The molecule has 3 aromatic rings. The Balaban J connectivity index is 1.47. The molecular weight excluding hydrogens is 385 g/mol. The molecule has 8 heteroatoms. The molecule has 1 saturated heterocycles. The molecule has 0 bridgehead atoms. The molecule has 1 aliphatic heterocycles. The summed E-state index contributed by atoms with van der Waals surface area (Å²) in [6.45, 7) is 1.61. The smallest absolute Gasteiger partial charge is 0.275 e. The highest BCUT2D eigenvalue weighted by atomic mass is 19.1. The number of carbonyl (C=O) groups is 2. The van der Waals surface area contributed by atoms with Gasteiger partial charge in [0.1, 0.15) is 11.5 Å². The van der Waals surface area contributed by atoms with Crippen molar-refractivity contribution in [3.05, 3.63) is 66.2 Å². The van der Waals surface area contributed by atoms with Gasteiger partial charge in [-0.2, -0.15) is 5.10 Å². The number of rotatable bonds is 5. The summed E-state index contributed by atoms with van der Waals surface area (Å²) in [5, 5.41) is 15.4. The number of halogens is 1. The van der Waals surface area contributed by atoms with Crippen molar-refractivity contribution in [3.8, 4) is 11.1 Å². The Bertz CT molecular complexity index is 1060. The molecular formula is C22H22FN5O2. The summed E-state index contributed by atoms with van der Waals surface area (Å²) >= 11 is 0. The minimum Gasteiger partial charge on any atom is -0.323 e. The molecule has 0 aliphatic carbocycles. The van der Waals surface area contributed by atoms with E-state index >= 15 is 0 Å². The van der Waals surface area contributed by atoms with Gasteiger partial charge in [0.05, 0.1) is 11.9 Å². The van der Waals surface area contributed by atoms with Crippen LogP contribution in [0.3, 0.4) is 0 Å². The summed E-state index contributed by atoms with van der Waals surface area (Å²) in [4.78, 5) is 25.2. The van der Waals surface area contributed by atoms with Crippen molar-refractivity contribution < 1.29 is 14.0 Å². The van der Waals surface area contributed by atoms with Crippen LogP contribution < -0.4 is 16.0 Å². The van der Waals surface area contributed by atoms with Crippen LogP contribution in [0.4, 0.5) is 15.8 Å². The highest BCUT2D eigenvalue weighted by molar-refractivity contribution is 6.09. The van der Waals surface area contributed by atoms with Crippen LogP contribution in [0.25, 0.3) is 11.1 Å². The lowest BCUT2D eigenvalue weighted by atomic mass is 9.97.